The number of aromatic nitrogens is 1. The topological polar surface area (TPSA) is 60.2 Å². The number of hydrogen-bond donors (Lipinski definition) is 0. The normalized spacial score (nSPS) is 11.6. The predicted octanol–water partition coefficient (Wildman–Crippen LogP) is 4.25. The first-order valence-electron chi connectivity index (χ1n) is 7.07. The number of hydrogen-bond acceptors (Lipinski definition) is 4. The lowest BCUT2D eigenvalue weighted by atomic mass is 10.2. The van der Waals surface area contributed by atoms with E-state index in [2.05, 4.69) is 4.98 Å². The van der Waals surface area contributed by atoms with Crippen molar-refractivity contribution in [3.63, 3.8) is 0 Å². The number of sulfone groups is 1. The Hall–Kier alpha value is -2.18. The second-order valence-corrected chi connectivity index (χ2v) is 7.78. The highest BCUT2D eigenvalue weighted by Gasteiger charge is 2.18. The molecule has 0 aliphatic carbocycles. The Kier molecular flexibility index (Phi) is 4.69. The summed E-state index contributed by atoms with van der Waals surface area (Å²) in [5.74, 6) is -0.973. The standard InChI is InChI=1S/C17H13ClFNO3S/c18-14-6-3-5-12(8-14)17-20-15(9-23-17)11-24(21,22)10-13-4-1-2-7-16(13)19/h1-9H,10-11H2. The van der Waals surface area contributed by atoms with Gasteiger partial charge in [-0.15, -0.1) is 0 Å². The maximum absolute atomic E-state index is 13.6. The summed E-state index contributed by atoms with van der Waals surface area (Å²) in [6.07, 6.45) is 1.29. The SMILES string of the molecule is O=S(=O)(Cc1coc(-c2cccc(Cl)c2)n1)Cc1ccccc1F. The zero-order chi connectivity index (χ0) is 17.2. The molecule has 0 N–H and O–H groups in total. The van der Waals surface area contributed by atoms with E-state index < -0.39 is 15.7 Å². The lowest BCUT2D eigenvalue weighted by Gasteiger charge is -2.03. The summed E-state index contributed by atoms with van der Waals surface area (Å²) >= 11 is 5.91. The predicted molar refractivity (Wildman–Crippen MR) is 89.7 cm³/mol. The quantitative estimate of drug-likeness (QED) is 0.678. The van der Waals surface area contributed by atoms with E-state index in [1.807, 2.05) is 0 Å². The van der Waals surface area contributed by atoms with Gasteiger partial charge in [-0.1, -0.05) is 35.9 Å². The molecular weight excluding hydrogens is 353 g/mol. The van der Waals surface area contributed by atoms with Crippen LogP contribution in [0.5, 0.6) is 0 Å². The van der Waals surface area contributed by atoms with Gasteiger partial charge in [0.25, 0.3) is 0 Å². The first kappa shape index (κ1) is 16.7. The van der Waals surface area contributed by atoms with Crippen molar-refractivity contribution >= 4 is 21.4 Å². The first-order valence-corrected chi connectivity index (χ1v) is 9.27. The maximum Gasteiger partial charge on any atom is 0.226 e. The number of benzene rings is 2. The van der Waals surface area contributed by atoms with E-state index in [1.165, 1.54) is 24.5 Å². The Bertz CT molecular complexity index is 969. The van der Waals surface area contributed by atoms with Crippen LogP contribution in [0.1, 0.15) is 11.3 Å². The molecule has 24 heavy (non-hydrogen) atoms. The average molecular weight is 366 g/mol. The molecule has 1 heterocycles. The Morgan fingerprint density at radius 2 is 1.88 bits per heavy atom. The molecule has 3 rings (SSSR count). The van der Waals surface area contributed by atoms with Crippen LogP contribution in [-0.4, -0.2) is 13.4 Å². The van der Waals surface area contributed by atoms with Gasteiger partial charge < -0.3 is 4.42 Å². The zero-order valence-corrected chi connectivity index (χ0v) is 14.0. The minimum atomic E-state index is -3.58. The first-order chi connectivity index (χ1) is 11.4. The van der Waals surface area contributed by atoms with Gasteiger partial charge in [0, 0.05) is 16.1 Å². The summed E-state index contributed by atoms with van der Waals surface area (Å²) in [7, 11) is -3.58. The van der Waals surface area contributed by atoms with Crippen molar-refractivity contribution in [2.24, 2.45) is 0 Å². The van der Waals surface area contributed by atoms with Crippen LogP contribution in [-0.2, 0) is 21.3 Å². The summed E-state index contributed by atoms with van der Waals surface area (Å²) in [6.45, 7) is 0. The van der Waals surface area contributed by atoms with Crippen molar-refractivity contribution in [1.82, 2.24) is 4.98 Å². The molecule has 3 aromatic rings. The van der Waals surface area contributed by atoms with Gasteiger partial charge in [-0.05, 0) is 24.3 Å². The van der Waals surface area contributed by atoms with Crippen molar-refractivity contribution < 1.29 is 17.2 Å². The molecular formula is C17H13ClFNO3S. The summed E-state index contributed by atoms with van der Waals surface area (Å²) in [4.78, 5) is 4.17. The minimum Gasteiger partial charge on any atom is -0.444 e. The third kappa shape index (κ3) is 4.01. The fourth-order valence-electron chi connectivity index (χ4n) is 2.26. The molecule has 4 nitrogen and oxygen atoms in total. The van der Waals surface area contributed by atoms with Gasteiger partial charge in [0.1, 0.15) is 12.1 Å². The van der Waals surface area contributed by atoms with Crippen LogP contribution in [0.2, 0.25) is 5.02 Å². The molecule has 0 saturated heterocycles. The van der Waals surface area contributed by atoms with Crippen molar-refractivity contribution in [2.75, 3.05) is 0 Å². The second-order valence-electron chi connectivity index (χ2n) is 5.28. The van der Waals surface area contributed by atoms with Crippen LogP contribution in [0.4, 0.5) is 4.39 Å². The van der Waals surface area contributed by atoms with Gasteiger partial charge in [0.05, 0.1) is 17.2 Å². The molecule has 0 bridgehead atoms. The van der Waals surface area contributed by atoms with E-state index in [1.54, 1.807) is 30.3 Å². The number of oxazole rings is 1. The lowest BCUT2D eigenvalue weighted by Crippen LogP contribution is -2.09. The summed E-state index contributed by atoms with van der Waals surface area (Å²) in [5, 5.41) is 0.527. The van der Waals surface area contributed by atoms with Gasteiger partial charge in [-0.2, -0.15) is 0 Å². The largest absolute Gasteiger partial charge is 0.444 e. The fraction of sp³-hybridized carbons (Fsp3) is 0.118. The maximum atomic E-state index is 13.6. The zero-order valence-electron chi connectivity index (χ0n) is 12.4. The third-order valence-corrected chi connectivity index (χ3v) is 5.05. The Balaban J connectivity index is 1.78. The lowest BCUT2D eigenvalue weighted by molar-refractivity contribution is 0.571. The molecule has 0 saturated carbocycles. The van der Waals surface area contributed by atoms with Crippen molar-refractivity contribution in [2.45, 2.75) is 11.5 Å². The molecule has 0 aliphatic heterocycles. The van der Waals surface area contributed by atoms with Gasteiger partial charge in [0.15, 0.2) is 9.84 Å². The highest BCUT2D eigenvalue weighted by molar-refractivity contribution is 7.89. The molecule has 0 atom stereocenters. The summed E-state index contributed by atoms with van der Waals surface area (Å²) < 4.78 is 43.4. The number of halogens is 2. The van der Waals surface area contributed by atoms with E-state index in [4.69, 9.17) is 16.0 Å². The summed E-state index contributed by atoms with van der Waals surface area (Å²) in [5.41, 5.74) is 1.05. The third-order valence-electron chi connectivity index (χ3n) is 3.32. The molecule has 0 radical (unpaired) electrons. The van der Waals surface area contributed by atoms with Crippen LogP contribution in [0.25, 0.3) is 11.5 Å². The monoisotopic (exact) mass is 365 g/mol. The van der Waals surface area contributed by atoms with Crippen molar-refractivity contribution in [1.29, 1.82) is 0 Å². The Labute approximate surface area is 143 Å². The number of rotatable bonds is 5. The fourth-order valence-corrected chi connectivity index (χ4v) is 3.84. The van der Waals surface area contributed by atoms with E-state index in [9.17, 15) is 12.8 Å². The van der Waals surface area contributed by atoms with Crippen molar-refractivity contribution in [3.8, 4) is 11.5 Å². The van der Waals surface area contributed by atoms with E-state index in [0.29, 0.717) is 10.6 Å². The molecule has 7 heteroatoms. The highest BCUT2D eigenvalue weighted by Crippen LogP contribution is 2.23. The van der Waals surface area contributed by atoms with Gasteiger partial charge in [-0.3, -0.25) is 0 Å². The van der Waals surface area contributed by atoms with E-state index >= 15 is 0 Å². The molecule has 0 amide bonds. The highest BCUT2D eigenvalue weighted by atomic mass is 35.5. The van der Waals surface area contributed by atoms with Crippen LogP contribution in [0.3, 0.4) is 0 Å². The number of nitrogens with zero attached hydrogens (tertiary/aromatic N) is 1. The van der Waals surface area contributed by atoms with Crippen LogP contribution in [0, 0.1) is 5.82 Å². The van der Waals surface area contributed by atoms with E-state index in [0.717, 1.165) is 0 Å². The molecule has 124 valence electrons. The van der Waals surface area contributed by atoms with Crippen LogP contribution < -0.4 is 0 Å². The average Bonchev–Trinajstić information content (AvgIpc) is 2.97. The van der Waals surface area contributed by atoms with Crippen molar-refractivity contribution in [3.05, 3.63) is 76.9 Å². The molecule has 0 unspecified atom stereocenters. The van der Waals surface area contributed by atoms with Crippen LogP contribution >= 0.6 is 11.6 Å². The molecule has 0 spiro atoms. The van der Waals surface area contributed by atoms with E-state index in [-0.39, 0.29) is 28.7 Å². The van der Waals surface area contributed by atoms with Gasteiger partial charge in [-0.25, -0.2) is 17.8 Å². The van der Waals surface area contributed by atoms with Gasteiger partial charge in [0.2, 0.25) is 5.89 Å². The smallest absolute Gasteiger partial charge is 0.226 e. The van der Waals surface area contributed by atoms with Gasteiger partial charge >= 0.3 is 0 Å². The van der Waals surface area contributed by atoms with Crippen LogP contribution in [0.15, 0.2) is 59.2 Å². The Morgan fingerprint density at radius 3 is 2.62 bits per heavy atom. The molecule has 0 aliphatic rings. The molecule has 0 fully saturated rings. The molecule has 1 aromatic heterocycles. The Morgan fingerprint density at radius 1 is 1.08 bits per heavy atom. The second kappa shape index (κ2) is 6.75. The molecule has 2 aromatic carbocycles. The minimum absolute atomic E-state index is 0.135. The summed E-state index contributed by atoms with van der Waals surface area (Å²) in [6, 6.07) is 12.7.